The molecule has 4 heteroatoms. The molecule has 0 aromatic rings. The monoisotopic (exact) mass is 192 g/mol. The van der Waals surface area contributed by atoms with E-state index in [1.807, 2.05) is 13.8 Å². The van der Waals surface area contributed by atoms with Crippen LogP contribution in [0, 0.1) is 5.92 Å². The molecule has 3 unspecified atom stereocenters. The van der Waals surface area contributed by atoms with Crippen molar-refractivity contribution in [3.8, 4) is 0 Å². The summed E-state index contributed by atoms with van der Waals surface area (Å²) in [5.74, 6) is -1.56. The van der Waals surface area contributed by atoms with Gasteiger partial charge in [0, 0.05) is 5.92 Å². The first-order valence-electron chi connectivity index (χ1n) is 4.74. The van der Waals surface area contributed by atoms with Crippen LogP contribution in [0.4, 0.5) is 0 Å². The lowest BCUT2D eigenvalue weighted by Gasteiger charge is -2.23. The van der Waals surface area contributed by atoms with Crippen LogP contribution in [0.5, 0.6) is 0 Å². The first-order chi connectivity index (χ1) is 6.12. The van der Waals surface area contributed by atoms with E-state index in [0.29, 0.717) is 6.42 Å². The van der Waals surface area contributed by atoms with Gasteiger partial charge in [-0.05, 0) is 6.42 Å². The lowest BCUT2D eigenvalue weighted by Crippen LogP contribution is -2.38. The van der Waals surface area contributed by atoms with Gasteiger partial charge in [-0.3, -0.25) is 0 Å². The highest BCUT2D eigenvalue weighted by molar-refractivity contribution is 4.84. The summed E-state index contributed by atoms with van der Waals surface area (Å²) in [5.41, 5.74) is 0. The Balaban J connectivity index is 0.000000671. The van der Waals surface area contributed by atoms with Gasteiger partial charge in [0.1, 0.15) is 0 Å². The van der Waals surface area contributed by atoms with E-state index < -0.39 is 12.4 Å². The molecular weight excluding hydrogens is 172 g/mol. The van der Waals surface area contributed by atoms with E-state index in [2.05, 4.69) is 0 Å². The molecule has 0 aliphatic carbocycles. The van der Waals surface area contributed by atoms with Gasteiger partial charge in [-0.15, -0.1) is 0 Å². The molecule has 1 heterocycles. The van der Waals surface area contributed by atoms with Gasteiger partial charge >= 0.3 is 0 Å². The van der Waals surface area contributed by atoms with Crippen molar-refractivity contribution in [2.75, 3.05) is 13.2 Å². The molecule has 1 aliphatic heterocycles. The fraction of sp³-hybridized carbons (Fsp3) is 1.00. The second-order valence-electron chi connectivity index (χ2n) is 3.06. The maximum absolute atomic E-state index is 9.49. The molecule has 1 aliphatic rings. The molecule has 80 valence electrons. The van der Waals surface area contributed by atoms with Crippen molar-refractivity contribution in [3.05, 3.63) is 0 Å². The van der Waals surface area contributed by atoms with Gasteiger partial charge in [-0.2, -0.15) is 0 Å². The first kappa shape index (κ1) is 12.8. The minimum atomic E-state index is -1.44. The summed E-state index contributed by atoms with van der Waals surface area (Å²) in [4.78, 5) is 0. The zero-order valence-corrected chi connectivity index (χ0v) is 8.53. The molecule has 0 bridgehead atoms. The van der Waals surface area contributed by atoms with Gasteiger partial charge in [-0.25, -0.2) is 0 Å². The number of rotatable bonds is 2. The molecule has 3 atom stereocenters. The van der Waals surface area contributed by atoms with Crippen LogP contribution in [0.2, 0.25) is 0 Å². The third-order valence-corrected chi connectivity index (χ3v) is 2.19. The molecule has 0 spiro atoms. The number of hydrogen-bond donors (Lipinski definition) is 3. The van der Waals surface area contributed by atoms with Crippen molar-refractivity contribution < 1.29 is 20.1 Å². The maximum Gasteiger partial charge on any atom is 0.192 e. The third-order valence-electron chi connectivity index (χ3n) is 2.19. The van der Waals surface area contributed by atoms with Crippen LogP contribution in [0.15, 0.2) is 0 Å². The average molecular weight is 192 g/mol. The highest BCUT2D eigenvalue weighted by Gasteiger charge is 2.43. The fourth-order valence-corrected chi connectivity index (χ4v) is 1.34. The smallest absolute Gasteiger partial charge is 0.192 e. The molecule has 0 radical (unpaired) electrons. The zero-order chi connectivity index (χ0) is 10.5. The summed E-state index contributed by atoms with van der Waals surface area (Å²) in [6.07, 6.45) is 0.259. The standard InChI is InChI=1S/C7H14O4.C2H6/c1-5-2-6(3-8)11-7(5,10)4-9;1-2/h5-6,8-10H,2-4H2,1H3;1-2H3. The Kier molecular flexibility index (Phi) is 5.48. The van der Waals surface area contributed by atoms with Crippen molar-refractivity contribution in [2.45, 2.75) is 39.1 Å². The van der Waals surface area contributed by atoms with Crippen molar-refractivity contribution >= 4 is 0 Å². The van der Waals surface area contributed by atoms with Crippen LogP contribution in [0.25, 0.3) is 0 Å². The SMILES string of the molecule is CC.CC1CC(CO)OC1(O)CO. The van der Waals surface area contributed by atoms with Crippen molar-refractivity contribution in [1.29, 1.82) is 0 Å². The van der Waals surface area contributed by atoms with Crippen LogP contribution < -0.4 is 0 Å². The van der Waals surface area contributed by atoms with Crippen LogP contribution in [-0.2, 0) is 4.74 Å². The van der Waals surface area contributed by atoms with E-state index in [1.54, 1.807) is 6.92 Å². The Morgan fingerprint density at radius 1 is 1.38 bits per heavy atom. The van der Waals surface area contributed by atoms with Crippen LogP contribution in [-0.4, -0.2) is 40.4 Å². The summed E-state index contributed by atoms with van der Waals surface area (Å²) in [6, 6.07) is 0. The molecule has 0 saturated carbocycles. The van der Waals surface area contributed by atoms with E-state index in [-0.39, 0.29) is 18.6 Å². The predicted molar refractivity (Wildman–Crippen MR) is 49.1 cm³/mol. The molecule has 0 aromatic heterocycles. The summed E-state index contributed by atoms with van der Waals surface area (Å²) < 4.78 is 5.02. The molecular formula is C9H20O4. The molecule has 4 nitrogen and oxygen atoms in total. The quantitative estimate of drug-likeness (QED) is 0.581. The Labute approximate surface area is 79.2 Å². The van der Waals surface area contributed by atoms with Crippen LogP contribution >= 0.6 is 0 Å². The van der Waals surface area contributed by atoms with E-state index in [4.69, 9.17) is 14.9 Å². The maximum atomic E-state index is 9.49. The minimum Gasteiger partial charge on any atom is -0.394 e. The normalized spacial score (nSPS) is 38.3. The minimum absolute atomic E-state index is 0.105. The van der Waals surface area contributed by atoms with E-state index in [0.717, 1.165) is 0 Å². The topological polar surface area (TPSA) is 69.9 Å². The Hall–Kier alpha value is -0.160. The number of aliphatic hydroxyl groups is 3. The number of aliphatic hydroxyl groups excluding tert-OH is 2. The molecule has 3 N–H and O–H groups in total. The van der Waals surface area contributed by atoms with Crippen LogP contribution in [0.1, 0.15) is 27.2 Å². The van der Waals surface area contributed by atoms with Crippen molar-refractivity contribution in [3.63, 3.8) is 0 Å². The molecule has 1 fully saturated rings. The van der Waals surface area contributed by atoms with Gasteiger partial charge in [0.25, 0.3) is 0 Å². The molecule has 13 heavy (non-hydrogen) atoms. The van der Waals surface area contributed by atoms with E-state index in [1.165, 1.54) is 0 Å². The largest absolute Gasteiger partial charge is 0.394 e. The van der Waals surface area contributed by atoms with Gasteiger partial charge in [-0.1, -0.05) is 20.8 Å². The number of ether oxygens (including phenoxy) is 1. The molecule has 1 saturated heterocycles. The Morgan fingerprint density at radius 2 is 1.92 bits per heavy atom. The van der Waals surface area contributed by atoms with Gasteiger partial charge in [0.05, 0.1) is 19.3 Å². The second kappa shape index (κ2) is 5.54. The van der Waals surface area contributed by atoms with Gasteiger partial charge in [0.15, 0.2) is 5.79 Å². The lowest BCUT2D eigenvalue weighted by molar-refractivity contribution is -0.232. The summed E-state index contributed by atoms with van der Waals surface area (Å²) in [7, 11) is 0. The highest BCUT2D eigenvalue weighted by Crippen LogP contribution is 2.33. The van der Waals surface area contributed by atoms with Crippen molar-refractivity contribution in [1.82, 2.24) is 0 Å². The molecule has 0 aromatic carbocycles. The average Bonchev–Trinajstić information content (AvgIpc) is 2.47. The summed E-state index contributed by atoms with van der Waals surface area (Å²) >= 11 is 0. The van der Waals surface area contributed by atoms with E-state index >= 15 is 0 Å². The third kappa shape index (κ3) is 2.91. The summed E-state index contributed by atoms with van der Waals surface area (Å²) in [5, 5.41) is 26.9. The van der Waals surface area contributed by atoms with Gasteiger partial charge < -0.3 is 20.1 Å². The Morgan fingerprint density at radius 3 is 2.15 bits per heavy atom. The highest BCUT2D eigenvalue weighted by atomic mass is 16.7. The predicted octanol–water partition coefficient (Wildman–Crippen LogP) is 0.111. The number of hydrogen-bond acceptors (Lipinski definition) is 4. The van der Waals surface area contributed by atoms with Crippen LogP contribution in [0.3, 0.4) is 0 Å². The molecule has 1 rings (SSSR count). The second-order valence-corrected chi connectivity index (χ2v) is 3.06. The first-order valence-corrected chi connectivity index (χ1v) is 4.74. The fourth-order valence-electron chi connectivity index (χ4n) is 1.34. The van der Waals surface area contributed by atoms with Gasteiger partial charge in [0.2, 0.25) is 0 Å². The van der Waals surface area contributed by atoms with E-state index in [9.17, 15) is 5.11 Å². The zero-order valence-electron chi connectivity index (χ0n) is 8.53. The summed E-state index contributed by atoms with van der Waals surface area (Å²) in [6.45, 7) is 5.27. The molecule has 0 amide bonds. The Bertz CT molecular complexity index is 140. The lowest BCUT2D eigenvalue weighted by atomic mass is 9.99. The van der Waals surface area contributed by atoms with Crippen molar-refractivity contribution in [2.24, 2.45) is 5.92 Å².